The molecule has 0 aliphatic rings. The lowest BCUT2D eigenvalue weighted by Crippen LogP contribution is -2.05. The number of nitrogens with zero attached hydrogens (tertiary/aromatic N) is 1. The first-order valence-electron chi connectivity index (χ1n) is 6.41. The number of ketones is 1. The first kappa shape index (κ1) is 13.6. The fraction of sp³-hybridized carbons (Fsp3) is 0.0588. The molecule has 0 amide bonds. The molecule has 21 heavy (non-hydrogen) atoms. The van der Waals surface area contributed by atoms with Crippen molar-refractivity contribution in [2.45, 2.75) is 0 Å². The Morgan fingerprint density at radius 2 is 1.90 bits per heavy atom. The van der Waals surface area contributed by atoms with Crippen LogP contribution in [0.25, 0.3) is 10.8 Å². The molecule has 0 fully saturated rings. The highest BCUT2D eigenvalue weighted by atomic mass is 35.5. The van der Waals surface area contributed by atoms with Gasteiger partial charge in [-0.05, 0) is 23.6 Å². The second kappa shape index (κ2) is 5.54. The molecular formula is C17H12ClNO2. The van der Waals surface area contributed by atoms with Crippen molar-refractivity contribution in [3.8, 4) is 5.75 Å². The maximum atomic E-state index is 12.8. The summed E-state index contributed by atoms with van der Waals surface area (Å²) in [5.41, 5.74) is 1.02. The summed E-state index contributed by atoms with van der Waals surface area (Å²) < 4.78 is 5.26. The molecule has 0 aliphatic heterocycles. The summed E-state index contributed by atoms with van der Waals surface area (Å²) in [4.78, 5) is 16.9. The van der Waals surface area contributed by atoms with Crippen molar-refractivity contribution < 1.29 is 9.53 Å². The predicted octanol–water partition coefficient (Wildman–Crippen LogP) is 4.13. The number of benzene rings is 2. The number of aromatic nitrogens is 1. The zero-order chi connectivity index (χ0) is 14.8. The van der Waals surface area contributed by atoms with Gasteiger partial charge in [0.05, 0.1) is 12.7 Å². The standard InChI is InChI=1S/C17H12ClNO2/c1-21-16-8-12(18)6-7-14(16)17(20)15-10-19-9-11-4-2-3-5-13(11)15/h2-10H,1H3. The highest BCUT2D eigenvalue weighted by molar-refractivity contribution is 6.31. The normalized spacial score (nSPS) is 10.6. The lowest BCUT2D eigenvalue weighted by Gasteiger charge is -2.09. The minimum absolute atomic E-state index is 0.132. The van der Waals surface area contributed by atoms with Gasteiger partial charge in [0.2, 0.25) is 0 Å². The second-order valence-electron chi connectivity index (χ2n) is 4.58. The Kier molecular flexibility index (Phi) is 3.59. The molecule has 3 rings (SSSR count). The van der Waals surface area contributed by atoms with Gasteiger partial charge in [-0.1, -0.05) is 35.9 Å². The van der Waals surface area contributed by atoms with E-state index in [-0.39, 0.29) is 5.78 Å². The zero-order valence-corrected chi connectivity index (χ0v) is 12.1. The number of hydrogen-bond acceptors (Lipinski definition) is 3. The molecule has 0 N–H and O–H groups in total. The smallest absolute Gasteiger partial charge is 0.198 e. The van der Waals surface area contributed by atoms with Crippen molar-refractivity contribution in [1.82, 2.24) is 4.98 Å². The summed E-state index contributed by atoms with van der Waals surface area (Å²) in [5, 5.41) is 2.32. The van der Waals surface area contributed by atoms with Gasteiger partial charge in [0, 0.05) is 28.4 Å². The third-order valence-electron chi connectivity index (χ3n) is 3.32. The zero-order valence-electron chi connectivity index (χ0n) is 11.3. The van der Waals surface area contributed by atoms with Crippen LogP contribution in [0, 0.1) is 0 Å². The first-order chi connectivity index (χ1) is 10.2. The number of rotatable bonds is 3. The van der Waals surface area contributed by atoms with Gasteiger partial charge in [0.1, 0.15) is 5.75 Å². The molecule has 0 unspecified atom stereocenters. The average molecular weight is 298 g/mol. The van der Waals surface area contributed by atoms with Crippen molar-refractivity contribution in [1.29, 1.82) is 0 Å². The van der Waals surface area contributed by atoms with E-state index in [1.54, 1.807) is 30.6 Å². The molecule has 1 aromatic heterocycles. The molecule has 0 atom stereocenters. The largest absolute Gasteiger partial charge is 0.496 e. The number of methoxy groups -OCH3 is 1. The van der Waals surface area contributed by atoms with Gasteiger partial charge >= 0.3 is 0 Å². The Morgan fingerprint density at radius 3 is 2.71 bits per heavy atom. The lowest BCUT2D eigenvalue weighted by atomic mass is 9.99. The van der Waals surface area contributed by atoms with E-state index in [0.717, 1.165) is 10.8 Å². The number of halogens is 1. The van der Waals surface area contributed by atoms with Crippen LogP contribution in [0.1, 0.15) is 15.9 Å². The van der Waals surface area contributed by atoms with Gasteiger partial charge in [0.15, 0.2) is 5.78 Å². The summed E-state index contributed by atoms with van der Waals surface area (Å²) in [6.45, 7) is 0. The molecule has 4 heteroatoms. The second-order valence-corrected chi connectivity index (χ2v) is 5.02. The van der Waals surface area contributed by atoms with Crippen LogP contribution in [0.5, 0.6) is 5.75 Å². The number of carbonyl (C=O) groups is 1. The summed E-state index contributed by atoms with van der Waals surface area (Å²) in [6.07, 6.45) is 3.32. The molecule has 0 aliphatic carbocycles. The van der Waals surface area contributed by atoms with Gasteiger partial charge < -0.3 is 4.74 Å². The molecule has 1 heterocycles. The van der Waals surface area contributed by atoms with Crippen LogP contribution in [-0.4, -0.2) is 17.9 Å². The monoisotopic (exact) mass is 297 g/mol. The Hall–Kier alpha value is -2.39. The number of pyridine rings is 1. The third kappa shape index (κ3) is 2.48. The van der Waals surface area contributed by atoms with Crippen molar-refractivity contribution in [3.05, 3.63) is 71.0 Å². The Balaban J connectivity index is 2.17. The molecule has 0 saturated carbocycles. The van der Waals surface area contributed by atoms with Crippen molar-refractivity contribution in [3.63, 3.8) is 0 Å². The van der Waals surface area contributed by atoms with Crippen LogP contribution in [0.3, 0.4) is 0 Å². The van der Waals surface area contributed by atoms with Crippen LogP contribution in [-0.2, 0) is 0 Å². The predicted molar refractivity (Wildman–Crippen MR) is 83.2 cm³/mol. The minimum atomic E-state index is -0.132. The van der Waals surface area contributed by atoms with E-state index in [1.165, 1.54) is 7.11 Å². The SMILES string of the molecule is COc1cc(Cl)ccc1C(=O)c1cncc2ccccc12. The summed E-state index contributed by atoms with van der Waals surface area (Å²) >= 11 is 5.94. The molecule has 104 valence electrons. The lowest BCUT2D eigenvalue weighted by molar-refractivity contribution is 0.103. The van der Waals surface area contributed by atoms with E-state index < -0.39 is 0 Å². The highest BCUT2D eigenvalue weighted by Crippen LogP contribution is 2.27. The molecular weight excluding hydrogens is 286 g/mol. The van der Waals surface area contributed by atoms with Crippen molar-refractivity contribution >= 4 is 28.2 Å². The van der Waals surface area contributed by atoms with Crippen LogP contribution < -0.4 is 4.74 Å². The maximum Gasteiger partial charge on any atom is 0.198 e. The fourth-order valence-corrected chi connectivity index (χ4v) is 2.46. The van der Waals surface area contributed by atoms with E-state index in [0.29, 0.717) is 21.9 Å². The number of carbonyl (C=O) groups excluding carboxylic acids is 1. The van der Waals surface area contributed by atoms with Gasteiger partial charge in [-0.25, -0.2) is 0 Å². The summed E-state index contributed by atoms with van der Waals surface area (Å²) in [5.74, 6) is 0.327. The molecule has 2 aromatic carbocycles. The van der Waals surface area contributed by atoms with E-state index in [9.17, 15) is 4.79 Å². The van der Waals surface area contributed by atoms with E-state index in [4.69, 9.17) is 16.3 Å². The van der Waals surface area contributed by atoms with Gasteiger partial charge in [-0.3, -0.25) is 9.78 Å². The Bertz CT molecular complexity index is 825. The molecule has 3 aromatic rings. The fourth-order valence-electron chi connectivity index (χ4n) is 2.30. The number of ether oxygens (including phenoxy) is 1. The van der Waals surface area contributed by atoms with Crippen molar-refractivity contribution in [2.24, 2.45) is 0 Å². The third-order valence-corrected chi connectivity index (χ3v) is 3.56. The molecule has 0 radical (unpaired) electrons. The first-order valence-corrected chi connectivity index (χ1v) is 6.79. The minimum Gasteiger partial charge on any atom is -0.496 e. The molecule has 3 nitrogen and oxygen atoms in total. The van der Waals surface area contributed by atoms with Crippen molar-refractivity contribution in [2.75, 3.05) is 7.11 Å². The van der Waals surface area contributed by atoms with Gasteiger partial charge in [-0.15, -0.1) is 0 Å². The van der Waals surface area contributed by atoms with E-state index >= 15 is 0 Å². The Labute approximate surface area is 127 Å². The van der Waals surface area contributed by atoms with Crippen LogP contribution >= 0.6 is 11.6 Å². The number of hydrogen-bond donors (Lipinski definition) is 0. The Morgan fingerprint density at radius 1 is 1.10 bits per heavy atom. The maximum absolute atomic E-state index is 12.8. The van der Waals surface area contributed by atoms with E-state index in [2.05, 4.69) is 4.98 Å². The number of fused-ring (bicyclic) bond motifs is 1. The van der Waals surface area contributed by atoms with Crippen LogP contribution in [0.4, 0.5) is 0 Å². The molecule has 0 spiro atoms. The average Bonchev–Trinajstić information content (AvgIpc) is 2.53. The molecule has 0 saturated heterocycles. The van der Waals surface area contributed by atoms with Gasteiger partial charge in [0.25, 0.3) is 0 Å². The van der Waals surface area contributed by atoms with Crippen LogP contribution in [0.2, 0.25) is 5.02 Å². The summed E-state index contributed by atoms with van der Waals surface area (Å²) in [7, 11) is 1.52. The topological polar surface area (TPSA) is 39.2 Å². The highest BCUT2D eigenvalue weighted by Gasteiger charge is 2.17. The quantitative estimate of drug-likeness (QED) is 0.682. The van der Waals surface area contributed by atoms with E-state index in [1.807, 2.05) is 24.3 Å². The van der Waals surface area contributed by atoms with Gasteiger partial charge in [-0.2, -0.15) is 0 Å². The molecule has 0 bridgehead atoms. The summed E-state index contributed by atoms with van der Waals surface area (Å²) in [6, 6.07) is 12.6. The van der Waals surface area contributed by atoms with Crippen LogP contribution in [0.15, 0.2) is 54.9 Å².